The minimum atomic E-state index is -3.81. The number of sulfonamides is 1. The molecule has 19 heavy (non-hydrogen) atoms. The largest absolute Gasteiger partial charge is 0.467 e. The predicted octanol–water partition coefficient (Wildman–Crippen LogP) is 0.838. The second kappa shape index (κ2) is 6.36. The first-order chi connectivity index (χ1) is 8.90. The van der Waals surface area contributed by atoms with Crippen molar-refractivity contribution in [1.29, 1.82) is 0 Å². The van der Waals surface area contributed by atoms with E-state index >= 15 is 0 Å². The minimum absolute atomic E-state index is 0.0740. The molecule has 0 bridgehead atoms. The monoisotopic (exact) mass is 281 g/mol. The summed E-state index contributed by atoms with van der Waals surface area (Å²) in [5.41, 5.74) is 0.941. The Bertz CT molecular complexity index is 608. The summed E-state index contributed by atoms with van der Waals surface area (Å²) in [5.74, 6) is 4.20. The van der Waals surface area contributed by atoms with Crippen molar-refractivity contribution in [3.8, 4) is 11.8 Å². The number of methoxy groups -OCH3 is 1. The summed E-state index contributed by atoms with van der Waals surface area (Å²) >= 11 is 0. The highest BCUT2D eigenvalue weighted by Crippen LogP contribution is 2.10. The molecule has 0 aliphatic carbocycles. The molecule has 102 valence electrons. The van der Waals surface area contributed by atoms with Gasteiger partial charge < -0.3 is 4.74 Å². The number of benzene rings is 1. The van der Waals surface area contributed by atoms with Crippen molar-refractivity contribution in [3.63, 3.8) is 0 Å². The lowest BCUT2D eigenvalue weighted by Gasteiger charge is -2.11. The van der Waals surface area contributed by atoms with Crippen LogP contribution in [0.15, 0.2) is 29.2 Å². The molecule has 1 atom stereocenters. The molecule has 0 radical (unpaired) electrons. The maximum atomic E-state index is 12.1. The molecule has 0 saturated heterocycles. The number of carbonyl (C=O) groups excluding carboxylic acids is 1. The summed E-state index contributed by atoms with van der Waals surface area (Å²) in [6, 6.07) is 5.07. The van der Waals surface area contributed by atoms with E-state index in [4.69, 9.17) is 0 Å². The number of carbonyl (C=O) groups is 1. The van der Waals surface area contributed by atoms with Gasteiger partial charge in [0.1, 0.15) is 0 Å². The summed E-state index contributed by atoms with van der Waals surface area (Å²) in [6.07, 6.45) is 0. The molecule has 1 unspecified atom stereocenters. The van der Waals surface area contributed by atoms with E-state index in [1.54, 1.807) is 12.1 Å². The van der Waals surface area contributed by atoms with E-state index in [1.165, 1.54) is 26.2 Å². The van der Waals surface area contributed by atoms with Gasteiger partial charge in [0.25, 0.3) is 0 Å². The van der Waals surface area contributed by atoms with Crippen molar-refractivity contribution >= 4 is 16.0 Å². The fourth-order valence-electron chi connectivity index (χ4n) is 1.34. The van der Waals surface area contributed by atoms with E-state index in [0.717, 1.165) is 5.56 Å². The number of hydrogen-bond acceptors (Lipinski definition) is 4. The zero-order chi connectivity index (χ0) is 14.5. The van der Waals surface area contributed by atoms with Crippen LogP contribution >= 0.6 is 0 Å². The smallest absolute Gasteiger partial charge is 0.336 e. The molecular weight excluding hydrogens is 266 g/mol. The van der Waals surface area contributed by atoms with Gasteiger partial charge in [-0.3, -0.25) is 0 Å². The molecule has 1 rings (SSSR count). The second-order valence-electron chi connectivity index (χ2n) is 3.78. The van der Waals surface area contributed by atoms with Gasteiger partial charge in [-0.05, 0) is 26.0 Å². The lowest BCUT2D eigenvalue weighted by molar-refractivity contribution is -0.141. The van der Waals surface area contributed by atoms with Crippen molar-refractivity contribution in [2.75, 3.05) is 7.11 Å². The number of hydrogen-bond donors (Lipinski definition) is 1. The van der Waals surface area contributed by atoms with Crippen molar-refractivity contribution in [2.45, 2.75) is 24.8 Å². The van der Waals surface area contributed by atoms with Crippen LogP contribution in [0.4, 0.5) is 0 Å². The van der Waals surface area contributed by atoms with E-state index in [1.807, 2.05) is 6.92 Å². The van der Waals surface area contributed by atoms with Gasteiger partial charge in [-0.2, -0.15) is 4.72 Å². The Morgan fingerprint density at radius 2 is 1.89 bits per heavy atom. The predicted molar refractivity (Wildman–Crippen MR) is 70.8 cm³/mol. The number of aryl methyl sites for hydroxylation is 1. The quantitative estimate of drug-likeness (QED) is 0.655. The van der Waals surface area contributed by atoms with Gasteiger partial charge in [0.2, 0.25) is 10.0 Å². The Kier molecular flexibility index (Phi) is 5.10. The third-order valence-corrected chi connectivity index (χ3v) is 3.77. The molecule has 0 saturated carbocycles. The molecule has 0 aliphatic heterocycles. The molecule has 0 spiro atoms. The van der Waals surface area contributed by atoms with Gasteiger partial charge in [0.15, 0.2) is 6.04 Å². The fourth-order valence-corrected chi connectivity index (χ4v) is 2.44. The van der Waals surface area contributed by atoms with E-state index < -0.39 is 22.0 Å². The van der Waals surface area contributed by atoms with E-state index in [9.17, 15) is 13.2 Å². The summed E-state index contributed by atoms with van der Waals surface area (Å²) < 4.78 is 30.8. The van der Waals surface area contributed by atoms with Gasteiger partial charge in [0.05, 0.1) is 12.0 Å². The molecule has 5 nitrogen and oxygen atoms in total. The molecule has 0 aliphatic rings. The topological polar surface area (TPSA) is 72.5 Å². The van der Waals surface area contributed by atoms with E-state index in [2.05, 4.69) is 21.3 Å². The first-order valence-corrected chi connectivity index (χ1v) is 6.98. The van der Waals surface area contributed by atoms with Crippen molar-refractivity contribution in [1.82, 2.24) is 4.72 Å². The number of rotatable bonds is 4. The molecule has 6 heteroatoms. The highest BCUT2D eigenvalue weighted by Gasteiger charge is 2.24. The molecule has 0 fully saturated rings. The third-order valence-electron chi connectivity index (χ3n) is 2.33. The highest BCUT2D eigenvalue weighted by atomic mass is 32.2. The SMILES string of the molecule is CC#CC(NS(=O)(=O)c1ccc(C)cc1)C(=O)OC. The average Bonchev–Trinajstić information content (AvgIpc) is 2.37. The summed E-state index contributed by atoms with van der Waals surface area (Å²) in [6.45, 7) is 3.36. The Morgan fingerprint density at radius 1 is 1.32 bits per heavy atom. The maximum absolute atomic E-state index is 12.1. The van der Waals surface area contributed by atoms with Gasteiger partial charge in [0, 0.05) is 0 Å². The molecule has 1 aromatic rings. The van der Waals surface area contributed by atoms with Crippen LogP contribution in [0.3, 0.4) is 0 Å². The molecule has 1 N–H and O–H groups in total. The van der Waals surface area contributed by atoms with Crippen LogP contribution in [0.5, 0.6) is 0 Å². The second-order valence-corrected chi connectivity index (χ2v) is 5.50. The molecule has 1 aromatic carbocycles. The Hall–Kier alpha value is -1.84. The zero-order valence-corrected chi connectivity index (χ0v) is 11.7. The lowest BCUT2D eigenvalue weighted by Crippen LogP contribution is -2.40. The fraction of sp³-hybridized carbons (Fsp3) is 0.308. The van der Waals surface area contributed by atoms with Gasteiger partial charge in [-0.1, -0.05) is 23.6 Å². The van der Waals surface area contributed by atoms with Gasteiger partial charge >= 0.3 is 5.97 Å². The Labute approximate surface area is 113 Å². The Balaban J connectivity index is 3.02. The first kappa shape index (κ1) is 15.2. The zero-order valence-electron chi connectivity index (χ0n) is 10.9. The van der Waals surface area contributed by atoms with Gasteiger partial charge in [-0.25, -0.2) is 13.2 Å². The van der Waals surface area contributed by atoms with Crippen LogP contribution in [0.1, 0.15) is 12.5 Å². The average molecular weight is 281 g/mol. The van der Waals surface area contributed by atoms with E-state index in [0.29, 0.717) is 0 Å². The molecule has 0 heterocycles. The van der Waals surface area contributed by atoms with Crippen molar-refractivity contribution in [3.05, 3.63) is 29.8 Å². The van der Waals surface area contributed by atoms with Crippen LogP contribution in [0.25, 0.3) is 0 Å². The number of nitrogens with one attached hydrogen (secondary N) is 1. The van der Waals surface area contributed by atoms with Crippen LogP contribution < -0.4 is 4.72 Å². The van der Waals surface area contributed by atoms with Crippen LogP contribution in [0, 0.1) is 18.8 Å². The minimum Gasteiger partial charge on any atom is -0.467 e. The van der Waals surface area contributed by atoms with Crippen LogP contribution in [-0.4, -0.2) is 27.5 Å². The molecule has 0 aromatic heterocycles. The Morgan fingerprint density at radius 3 is 2.37 bits per heavy atom. The van der Waals surface area contributed by atoms with Crippen LogP contribution in [-0.2, 0) is 19.6 Å². The van der Waals surface area contributed by atoms with E-state index in [-0.39, 0.29) is 4.90 Å². The van der Waals surface area contributed by atoms with Crippen molar-refractivity contribution in [2.24, 2.45) is 0 Å². The molecular formula is C13H15NO4S. The third kappa shape index (κ3) is 4.09. The highest BCUT2D eigenvalue weighted by molar-refractivity contribution is 7.89. The molecule has 0 amide bonds. The normalized spacial score (nSPS) is 12.2. The summed E-state index contributed by atoms with van der Waals surface area (Å²) in [5, 5.41) is 0. The standard InChI is InChI=1S/C13H15NO4S/c1-4-5-12(13(15)18-3)14-19(16,17)11-8-6-10(2)7-9-11/h6-9,12,14H,1-3H3. The maximum Gasteiger partial charge on any atom is 0.336 e. The number of ether oxygens (including phenoxy) is 1. The number of esters is 1. The summed E-state index contributed by atoms with van der Waals surface area (Å²) in [7, 11) is -2.63. The van der Waals surface area contributed by atoms with Gasteiger partial charge in [-0.15, -0.1) is 5.92 Å². The van der Waals surface area contributed by atoms with Crippen LogP contribution in [0.2, 0.25) is 0 Å². The first-order valence-electron chi connectivity index (χ1n) is 5.50. The lowest BCUT2D eigenvalue weighted by atomic mass is 10.2. The summed E-state index contributed by atoms with van der Waals surface area (Å²) in [4.78, 5) is 11.5. The van der Waals surface area contributed by atoms with Crippen molar-refractivity contribution < 1.29 is 17.9 Å².